The molecule has 26 heavy (non-hydrogen) atoms. The van der Waals surface area contributed by atoms with Crippen molar-refractivity contribution in [3.63, 3.8) is 0 Å². The number of hydrogen-bond acceptors (Lipinski definition) is 3. The fourth-order valence-electron chi connectivity index (χ4n) is 2.37. The van der Waals surface area contributed by atoms with Crippen molar-refractivity contribution in [2.45, 2.75) is 0 Å². The molecule has 0 aliphatic rings. The number of halogens is 1. The van der Waals surface area contributed by atoms with Crippen molar-refractivity contribution in [2.75, 3.05) is 0 Å². The number of aromatic nitrogens is 1. The minimum atomic E-state index is -0.580. The minimum absolute atomic E-state index is 0.175. The van der Waals surface area contributed by atoms with Crippen LogP contribution < -0.4 is 10.9 Å². The summed E-state index contributed by atoms with van der Waals surface area (Å²) in [5.74, 6) is -1.35. The first-order valence-corrected chi connectivity index (χ1v) is 8.49. The van der Waals surface area contributed by atoms with Gasteiger partial charge in [-0.2, -0.15) is 0 Å². The molecule has 0 bridgehead atoms. The predicted molar refractivity (Wildman–Crippen MR) is 99.7 cm³/mol. The molecule has 0 saturated heterocycles. The van der Waals surface area contributed by atoms with E-state index >= 15 is 0 Å². The first-order chi connectivity index (χ1) is 12.6. The van der Waals surface area contributed by atoms with E-state index in [-0.39, 0.29) is 22.6 Å². The molecule has 0 spiro atoms. The Balaban J connectivity index is 1.76. The third kappa shape index (κ3) is 3.89. The topological polar surface area (TPSA) is 91.1 Å². The number of aromatic amines is 1. The van der Waals surface area contributed by atoms with Gasteiger partial charge in [0.15, 0.2) is 5.78 Å². The van der Waals surface area contributed by atoms with Crippen LogP contribution in [0.5, 0.6) is 0 Å². The van der Waals surface area contributed by atoms with Crippen LogP contribution in [0.25, 0.3) is 0 Å². The second-order valence-electron chi connectivity index (χ2n) is 5.38. The number of H-pyrrole nitrogens is 1. The molecule has 0 aliphatic heterocycles. The van der Waals surface area contributed by atoms with Crippen LogP contribution in [0.4, 0.5) is 0 Å². The lowest BCUT2D eigenvalue weighted by Crippen LogP contribution is -2.42. The molecule has 0 aliphatic carbocycles. The Bertz CT molecular complexity index is 967. The molecule has 3 rings (SSSR count). The summed E-state index contributed by atoms with van der Waals surface area (Å²) in [6.45, 7) is 0. The number of carbonyl (C=O) groups is 3. The number of nitrogens with one attached hydrogen (secondary N) is 3. The maximum Gasteiger partial charge on any atom is 0.286 e. The zero-order chi connectivity index (χ0) is 18.5. The normalized spacial score (nSPS) is 10.2. The molecule has 0 unspecified atom stereocenters. The van der Waals surface area contributed by atoms with Gasteiger partial charge in [-0.15, -0.1) is 0 Å². The van der Waals surface area contributed by atoms with Gasteiger partial charge in [-0.25, -0.2) is 0 Å². The van der Waals surface area contributed by atoms with Gasteiger partial charge in [0.2, 0.25) is 0 Å². The molecule has 130 valence electrons. The van der Waals surface area contributed by atoms with Gasteiger partial charge in [-0.1, -0.05) is 48.5 Å². The van der Waals surface area contributed by atoms with Gasteiger partial charge < -0.3 is 4.98 Å². The second-order valence-corrected chi connectivity index (χ2v) is 6.30. The van der Waals surface area contributed by atoms with Gasteiger partial charge in [0.1, 0.15) is 5.69 Å². The Labute approximate surface area is 157 Å². The maximum atomic E-state index is 12.7. The van der Waals surface area contributed by atoms with E-state index < -0.39 is 11.8 Å². The van der Waals surface area contributed by atoms with E-state index in [2.05, 4.69) is 31.8 Å². The Morgan fingerprint density at radius 1 is 0.808 bits per heavy atom. The molecule has 2 aromatic carbocycles. The molecule has 2 amide bonds. The average Bonchev–Trinajstić information content (AvgIpc) is 3.12. The highest BCUT2D eigenvalue weighted by atomic mass is 79.9. The van der Waals surface area contributed by atoms with Crippen molar-refractivity contribution in [2.24, 2.45) is 0 Å². The van der Waals surface area contributed by atoms with Crippen LogP contribution in [0.15, 0.2) is 71.3 Å². The predicted octanol–water partition coefficient (Wildman–Crippen LogP) is 3.08. The van der Waals surface area contributed by atoms with Crippen LogP contribution in [-0.4, -0.2) is 22.6 Å². The monoisotopic (exact) mass is 411 g/mol. The summed E-state index contributed by atoms with van der Waals surface area (Å²) in [4.78, 5) is 39.8. The van der Waals surface area contributed by atoms with Gasteiger partial charge in [-0.3, -0.25) is 25.2 Å². The molecule has 3 aromatic rings. The van der Waals surface area contributed by atoms with Crippen molar-refractivity contribution in [3.05, 3.63) is 93.7 Å². The van der Waals surface area contributed by atoms with Crippen LogP contribution in [0.2, 0.25) is 0 Å². The van der Waals surface area contributed by atoms with Gasteiger partial charge >= 0.3 is 0 Å². The van der Waals surface area contributed by atoms with Gasteiger partial charge in [0.05, 0.1) is 5.56 Å². The SMILES string of the molecule is O=C(NNC(=O)c1ccccc1C(=O)c1ccccc1)c1cc(Br)c[nH]1. The fraction of sp³-hybridized carbons (Fsp3) is 0. The largest absolute Gasteiger partial charge is 0.356 e. The van der Waals surface area contributed by atoms with Crippen molar-refractivity contribution in [1.82, 2.24) is 15.8 Å². The number of carbonyl (C=O) groups excluding carboxylic acids is 3. The van der Waals surface area contributed by atoms with Crippen molar-refractivity contribution in [1.29, 1.82) is 0 Å². The number of benzene rings is 2. The lowest BCUT2D eigenvalue weighted by atomic mass is 9.98. The molecule has 6 nitrogen and oxygen atoms in total. The molecule has 3 N–H and O–H groups in total. The first kappa shape index (κ1) is 17.6. The van der Waals surface area contributed by atoms with Gasteiger partial charge in [-0.05, 0) is 28.1 Å². The zero-order valence-corrected chi connectivity index (χ0v) is 15.0. The summed E-state index contributed by atoms with van der Waals surface area (Å²) in [5.41, 5.74) is 5.84. The van der Waals surface area contributed by atoms with Crippen LogP contribution in [0, 0.1) is 0 Å². The highest BCUT2D eigenvalue weighted by Crippen LogP contribution is 2.15. The van der Waals surface area contributed by atoms with E-state index in [1.54, 1.807) is 54.7 Å². The summed E-state index contributed by atoms with van der Waals surface area (Å²) in [6, 6.07) is 16.7. The summed E-state index contributed by atoms with van der Waals surface area (Å²) in [5, 5.41) is 0. The van der Waals surface area contributed by atoms with E-state index in [1.165, 1.54) is 6.07 Å². The average molecular weight is 412 g/mol. The third-order valence-corrected chi connectivity index (χ3v) is 4.09. The van der Waals surface area contributed by atoms with Crippen LogP contribution >= 0.6 is 15.9 Å². The smallest absolute Gasteiger partial charge is 0.286 e. The molecule has 7 heteroatoms. The third-order valence-electron chi connectivity index (χ3n) is 3.63. The second kappa shape index (κ2) is 7.79. The van der Waals surface area contributed by atoms with Crippen molar-refractivity contribution in [3.8, 4) is 0 Å². The molecule has 0 atom stereocenters. The van der Waals surface area contributed by atoms with Crippen molar-refractivity contribution < 1.29 is 14.4 Å². The fourth-order valence-corrected chi connectivity index (χ4v) is 2.71. The van der Waals surface area contributed by atoms with Crippen LogP contribution in [0.3, 0.4) is 0 Å². The summed E-state index contributed by atoms with van der Waals surface area (Å²) in [7, 11) is 0. The molecule has 0 fully saturated rings. The molecule has 0 radical (unpaired) electrons. The highest BCUT2D eigenvalue weighted by molar-refractivity contribution is 9.10. The van der Waals surface area contributed by atoms with Crippen molar-refractivity contribution >= 4 is 33.5 Å². The summed E-state index contributed by atoms with van der Waals surface area (Å²) < 4.78 is 0.716. The summed E-state index contributed by atoms with van der Waals surface area (Å²) in [6.07, 6.45) is 1.60. The number of rotatable bonds is 4. The number of hydrazine groups is 1. The minimum Gasteiger partial charge on any atom is -0.356 e. The first-order valence-electron chi connectivity index (χ1n) is 7.69. The highest BCUT2D eigenvalue weighted by Gasteiger charge is 2.18. The number of hydrogen-bond donors (Lipinski definition) is 3. The number of ketones is 1. The van der Waals surface area contributed by atoms with E-state index in [4.69, 9.17) is 0 Å². The van der Waals surface area contributed by atoms with E-state index in [9.17, 15) is 14.4 Å². The quantitative estimate of drug-likeness (QED) is 0.455. The Morgan fingerprint density at radius 2 is 1.42 bits per heavy atom. The van der Waals surface area contributed by atoms with Gasteiger partial charge in [0.25, 0.3) is 11.8 Å². The maximum absolute atomic E-state index is 12.7. The summed E-state index contributed by atoms with van der Waals surface area (Å²) >= 11 is 3.23. The van der Waals surface area contributed by atoms with E-state index in [0.717, 1.165) is 0 Å². The Kier molecular flexibility index (Phi) is 5.28. The molecular formula is C19H14BrN3O3. The van der Waals surface area contributed by atoms with E-state index in [0.29, 0.717) is 10.0 Å². The lowest BCUT2D eigenvalue weighted by molar-refractivity contribution is 0.0842. The lowest BCUT2D eigenvalue weighted by Gasteiger charge is -2.10. The van der Waals surface area contributed by atoms with Crippen LogP contribution in [0.1, 0.15) is 36.8 Å². The molecular weight excluding hydrogens is 398 g/mol. The van der Waals surface area contributed by atoms with E-state index in [1.807, 2.05) is 6.07 Å². The Hall–Kier alpha value is -3.19. The van der Waals surface area contributed by atoms with Gasteiger partial charge in [0, 0.05) is 21.8 Å². The molecule has 1 heterocycles. The Morgan fingerprint density at radius 3 is 2.08 bits per heavy atom. The zero-order valence-electron chi connectivity index (χ0n) is 13.5. The standard InChI is InChI=1S/C19H14BrN3O3/c20-13-10-16(21-11-13)19(26)23-22-18(25)15-9-5-4-8-14(15)17(24)12-6-2-1-3-7-12/h1-11,21H,(H,22,25)(H,23,26). The van der Waals surface area contributed by atoms with Crippen LogP contribution in [-0.2, 0) is 0 Å². The number of amides is 2. The molecule has 1 aromatic heterocycles. The molecule has 0 saturated carbocycles.